The van der Waals surface area contributed by atoms with Gasteiger partial charge in [-0.1, -0.05) is 25.1 Å². The Balaban J connectivity index is 2.30. The Labute approximate surface area is 163 Å². The molecule has 0 heterocycles. The fourth-order valence-electron chi connectivity index (χ4n) is 2.56. The predicted octanol–water partition coefficient (Wildman–Crippen LogP) is 3.36. The summed E-state index contributed by atoms with van der Waals surface area (Å²) >= 11 is 0. The van der Waals surface area contributed by atoms with E-state index in [1.54, 1.807) is 6.07 Å². The molecule has 0 unspecified atom stereocenters. The minimum Gasteiger partial charge on any atom is -0.480 e. The molecule has 0 aliphatic rings. The molecule has 0 aliphatic carbocycles. The number of ether oxygens (including phenoxy) is 3. The number of amides is 1. The molecule has 28 heavy (non-hydrogen) atoms. The van der Waals surface area contributed by atoms with Gasteiger partial charge in [0.2, 0.25) is 0 Å². The highest BCUT2D eigenvalue weighted by atomic mass is 16.5. The average Bonchev–Trinajstić information content (AvgIpc) is 2.71. The van der Waals surface area contributed by atoms with Crippen molar-refractivity contribution in [1.82, 2.24) is 0 Å². The normalized spacial score (nSPS) is 11.3. The Morgan fingerprint density at radius 2 is 1.68 bits per heavy atom. The van der Waals surface area contributed by atoms with Crippen molar-refractivity contribution < 1.29 is 28.6 Å². The molecule has 0 fully saturated rings. The second-order valence-corrected chi connectivity index (χ2v) is 6.01. The molecule has 7 heteroatoms. The van der Waals surface area contributed by atoms with Gasteiger partial charge in [0.05, 0.1) is 31.0 Å². The lowest BCUT2D eigenvalue weighted by Gasteiger charge is -2.19. The third-order valence-electron chi connectivity index (χ3n) is 4.13. The molecular formula is C21H23NO6. The lowest BCUT2D eigenvalue weighted by molar-refractivity contribution is -0.122. The van der Waals surface area contributed by atoms with Crippen LogP contribution >= 0.6 is 0 Å². The molecule has 0 saturated carbocycles. The van der Waals surface area contributed by atoms with E-state index in [1.807, 2.05) is 32.0 Å². The number of carbonyl (C=O) groups is 3. The van der Waals surface area contributed by atoms with Gasteiger partial charge < -0.3 is 19.5 Å². The summed E-state index contributed by atoms with van der Waals surface area (Å²) in [6.45, 7) is 3.70. The lowest BCUT2D eigenvalue weighted by atomic mass is 10.1. The van der Waals surface area contributed by atoms with E-state index in [9.17, 15) is 14.4 Å². The molecule has 2 rings (SSSR count). The van der Waals surface area contributed by atoms with Crippen LogP contribution in [0.2, 0.25) is 0 Å². The smallest absolute Gasteiger partial charge is 0.339 e. The molecule has 1 amide bonds. The molecule has 148 valence electrons. The van der Waals surface area contributed by atoms with Gasteiger partial charge in [0, 0.05) is 0 Å². The Morgan fingerprint density at radius 3 is 2.29 bits per heavy atom. The highest BCUT2D eigenvalue weighted by Gasteiger charge is 2.23. The number of nitrogens with one attached hydrogen (secondary N) is 1. The highest BCUT2D eigenvalue weighted by Crippen LogP contribution is 2.22. The standard InChI is InChI=1S/C21H23NO6/c1-5-17(28-18-9-7-6-8-13(18)2)19(23)22-16-12-14(20(24)26-3)10-11-15(16)21(25)27-4/h6-12,17H,5H2,1-4H3,(H,22,23)/t17-/m0/s1. The van der Waals surface area contributed by atoms with Crippen LogP contribution in [0.1, 0.15) is 39.6 Å². The number of anilines is 1. The van der Waals surface area contributed by atoms with Crippen LogP contribution in [-0.4, -0.2) is 38.2 Å². The van der Waals surface area contributed by atoms with Crippen LogP contribution in [-0.2, 0) is 14.3 Å². The first-order chi connectivity index (χ1) is 13.4. The molecular weight excluding hydrogens is 362 g/mol. The SMILES string of the molecule is CC[C@H](Oc1ccccc1C)C(=O)Nc1cc(C(=O)OC)ccc1C(=O)OC. The van der Waals surface area contributed by atoms with Gasteiger partial charge in [0.1, 0.15) is 5.75 Å². The molecule has 0 aliphatic heterocycles. The number of hydrogen-bond acceptors (Lipinski definition) is 6. The van der Waals surface area contributed by atoms with E-state index in [1.165, 1.54) is 32.4 Å². The number of benzene rings is 2. The van der Waals surface area contributed by atoms with E-state index >= 15 is 0 Å². The van der Waals surface area contributed by atoms with Gasteiger partial charge in [0.25, 0.3) is 5.91 Å². The van der Waals surface area contributed by atoms with Gasteiger partial charge in [0.15, 0.2) is 6.10 Å². The second-order valence-electron chi connectivity index (χ2n) is 6.01. The Morgan fingerprint density at radius 1 is 1.00 bits per heavy atom. The molecule has 0 aromatic heterocycles. The lowest BCUT2D eigenvalue weighted by Crippen LogP contribution is -2.33. The largest absolute Gasteiger partial charge is 0.480 e. The van der Waals surface area contributed by atoms with E-state index in [0.717, 1.165) is 5.56 Å². The maximum atomic E-state index is 12.8. The summed E-state index contributed by atoms with van der Waals surface area (Å²) in [5.41, 5.74) is 1.36. The van der Waals surface area contributed by atoms with Crippen LogP contribution in [0.5, 0.6) is 5.75 Å². The van der Waals surface area contributed by atoms with Crippen molar-refractivity contribution in [2.45, 2.75) is 26.4 Å². The molecule has 0 saturated heterocycles. The van der Waals surface area contributed by atoms with Crippen molar-refractivity contribution in [3.05, 3.63) is 59.2 Å². The highest BCUT2D eigenvalue weighted by molar-refractivity contribution is 6.04. The molecule has 1 atom stereocenters. The van der Waals surface area contributed by atoms with Crippen LogP contribution in [0.4, 0.5) is 5.69 Å². The van der Waals surface area contributed by atoms with Gasteiger partial charge in [-0.05, 0) is 43.2 Å². The fourth-order valence-corrected chi connectivity index (χ4v) is 2.56. The third kappa shape index (κ3) is 4.88. The maximum absolute atomic E-state index is 12.8. The number of esters is 2. The molecule has 0 spiro atoms. The van der Waals surface area contributed by atoms with Crippen molar-refractivity contribution in [2.75, 3.05) is 19.5 Å². The minimum atomic E-state index is -0.784. The van der Waals surface area contributed by atoms with Gasteiger partial charge in [-0.15, -0.1) is 0 Å². The summed E-state index contributed by atoms with van der Waals surface area (Å²) in [7, 11) is 2.48. The molecule has 1 N–H and O–H groups in total. The number of para-hydroxylation sites is 1. The number of aryl methyl sites for hydroxylation is 1. The molecule has 2 aromatic rings. The number of rotatable bonds is 7. The third-order valence-corrected chi connectivity index (χ3v) is 4.13. The van der Waals surface area contributed by atoms with E-state index < -0.39 is 23.9 Å². The first-order valence-corrected chi connectivity index (χ1v) is 8.75. The van der Waals surface area contributed by atoms with E-state index in [2.05, 4.69) is 5.32 Å². The first kappa shape index (κ1) is 21.0. The molecule has 2 aromatic carbocycles. The van der Waals surface area contributed by atoms with Crippen molar-refractivity contribution in [1.29, 1.82) is 0 Å². The predicted molar refractivity (Wildman–Crippen MR) is 104 cm³/mol. The fraction of sp³-hybridized carbons (Fsp3) is 0.286. The topological polar surface area (TPSA) is 90.9 Å². The van der Waals surface area contributed by atoms with Gasteiger partial charge in [-0.2, -0.15) is 0 Å². The Bertz CT molecular complexity index is 877. The number of hydrogen-bond donors (Lipinski definition) is 1. The summed E-state index contributed by atoms with van der Waals surface area (Å²) in [5.74, 6) is -1.08. The van der Waals surface area contributed by atoms with Crippen LogP contribution in [0, 0.1) is 6.92 Å². The van der Waals surface area contributed by atoms with Crippen LogP contribution < -0.4 is 10.1 Å². The van der Waals surface area contributed by atoms with Crippen molar-refractivity contribution in [3.8, 4) is 5.75 Å². The van der Waals surface area contributed by atoms with Gasteiger partial charge in [-0.3, -0.25) is 4.79 Å². The minimum absolute atomic E-state index is 0.120. The average molecular weight is 385 g/mol. The maximum Gasteiger partial charge on any atom is 0.339 e. The molecule has 0 radical (unpaired) electrons. The zero-order valence-electron chi connectivity index (χ0n) is 16.3. The van der Waals surface area contributed by atoms with Gasteiger partial charge >= 0.3 is 11.9 Å². The Kier molecular flexibility index (Phi) is 7.14. The monoisotopic (exact) mass is 385 g/mol. The van der Waals surface area contributed by atoms with Crippen LogP contribution in [0.15, 0.2) is 42.5 Å². The number of methoxy groups -OCH3 is 2. The van der Waals surface area contributed by atoms with E-state index in [4.69, 9.17) is 14.2 Å². The summed E-state index contributed by atoms with van der Waals surface area (Å²) in [6, 6.07) is 11.6. The second kappa shape index (κ2) is 9.55. The zero-order chi connectivity index (χ0) is 20.7. The molecule has 0 bridgehead atoms. The summed E-state index contributed by atoms with van der Waals surface area (Å²) in [5, 5.41) is 2.66. The summed E-state index contributed by atoms with van der Waals surface area (Å²) < 4.78 is 15.3. The van der Waals surface area contributed by atoms with Crippen LogP contribution in [0.25, 0.3) is 0 Å². The number of carbonyl (C=O) groups excluding carboxylic acids is 3. The quantitative estimate of drug-likeness (QED) is 0.735. The van der Waals surface area contributed by atoms with Crippen LogP contribution in [0.3, 0.4) is 0 Å². The molecule has 7 nitrogen and oxygen atoms in total. The zero-order valence-corrected chi connectivity index (χ0v) is 16.3. The van der Waals surface area contributed by atoms with Crippen molar-refractivity contribution in [2.24, 2.45) is 0 Å². The van der Waals surface area contributed by atoms with Crippen molar-refractivity contribution >= 4 is 23.5 Å². The van der Waals surface area contributed by atoms with Gasteiger partial charge in [-0.25, -0.2) is 9.59 Å². The summed E-state index contributed by atoms with van der Waals surface area (Å²) in [6.07, 6.45) is -0.377. The van der Waals surface area contributed by atoms with E-state index in [-0.39, 0.29) is 16.8 Å². The summed E-state index contributed by atoms with van der Waals surface area (Å²) in [4.78, 5) is 36.6. The first-order valence-electron chi connectivity index (χ1n) is 8.75. The van der Waals surface area contributed by atoms with Crippen molar-refractivity contribution in [3.63, 3.8) is 0 Å². The Hall–Kier alpha value is -3.35. The van der Waals surface area contributed by atoms with E-state index in [0.29, 0.717) is 12.2 Å².